The average Bonchev–Trinajstić information content (AvgIpc) is 3.22. The van der Waals surface area contributed by atoms with Gasteiger partial charge in [-0.1, -0.05) is 0 Å². The summed E-state index contributed by atoms with van der Waals surface area (Å²) in [5.41, 5.74) is -0.258. The summed E-state index contributed by atoms with van der Waals surface area (Å²) in [5, 5.41) is 11.9. The van der Waals surface area contributed by atoms with E-state index in [2.05, 4.69) is 26.3 Å². The molecule has 1 rings (SSSR count). The number of hydrogen-bond donors (Lipinski definition) is 4. The highest BCUT2D eigenvalue weighted by Gasteiger charge is 2.28. The quantitative estimate of drug-likeness (QED) is 0.202. The summed E-state index contributed by atoms with van der Waals surface area (Å²) in [6.45, 7) is 9.66. The van der Waals surface area contributed by atoms with Gasteiger partial charge in [0.05, 0.1) is 0 Å². The normalized spacial score (nSPS) is 14.5. The molecule has 0 aromatic rings. The topological polar surface area (TPSA) is 94.6 Å². The standard InChI is InChI=1S/C15H29N5O2.HI/c1-5-16-14(19-10-12(21)20-15(2,3)4)18-9-8-17-13(22)11-6-7-11;/h11H,5-10H2,1-4H3,(H,17,22)(H,20,21)(H2,16,18,19);1H. The van der Waals surface area contributed by atoms with E-state index in [9.17, 15) is 9.59 Å². The lowest BCUT2D eigenvalue weighted by molar-refractivity contribution is -0.122. The van der Waals surface area contributed by atoms with Crippen LogP contribution in [0, 0.1) is 5.92 Å². The minimum Gasteiger partial charge on any atom is -0.357 e. The van der Waals surface area contributed by atoms with Crippen LogP contribution in [-0.2, 0) is 9.59 Å². The molecule has 0 spiro atoms. The Morgan fingerprint density at radius 2 is 1.70 bits per heavy atom. The van der Waals surface area contributed by atoms with E-state index in [0.29, 0.717) is 25.6 Å². The number of hydrogen-bond acceptors (Lipinski definition) is 3. The first-order valence-corrected chi connectivity index (χ1v) is 7.92. The van der Waals surface area contributed by atoms with Crippen molar-refractivity contribution < 1.29 is 9.59 Å². The number of rotatable bonds is 7. The zero-order valence-corrected chi connectivity index (χ0v) is 16.8. The van der Waals surface area contributed by atoms with Gasteiger partial charge in [0.2, 0.25) is 11.8 Å². The van der Waals surface area contributed by atoms with Gasteiger partial charge in [-0.15, -0.1) is 24.0 Å². The first kappa shape index (κ1) is 21.9. The van der Waals surface area contributed by atoms with E-state index < -0.39 is 0 Å². The van der Waals surface area contributed by atoms with Gasteiger partial charge in [0.25, 0.3) is 0 Å². The van der Waals surface area contributed by atoms with Crippen molar-refractivity contribution in [2.24, 2.45) is 10.9 Å². The van der Waals surface area contributed by atoms with Crippen LogP contribution in [0.5, 0.6) is 0 Å². The fourth-order valence-corrected chi connectivity index (χ4v) is 1.81. The van der Waals surface area contributed by atoms with Gasteiger partial charge in [0, 0.05) is 31.1 Å². The molecule has 4 N–H and O–H groups in total. The molecule has 8 heteroatoms. The summed E-state index contributed by atoms with van der Waals surface area (Å²) in [6, 6.07) is 0. The molecule has 2 amide bonds. The van der Waals surface area contributed by atoms with Crippen molar-refractivity contribution in [3.8, 4) is 0 Å². The molecule has 0 radical (unpaired) electrons. The molecule has 0 aliphatic heterocycles. The molecule has 134 valence electrons. The van der Waals surface area contributed by atoms with Gasteiger partial charge in [-0.3, -0.25) is 9.59 Å². The van der Waals surface area contributed by atoms with Crippen molar-refractivity contribution in [2.75, 3.05) is 26.2 Å². The molecule has 0 heterocycles. The third-order valence-electron chi connectivity index (χ3n) is 2.90. The summed E-state index contributed by atoms with van der Waals surface area (Å²) in [7, 11) is 0. The zero-order valence-electron chi connectivity index (χ0n) is 14.5. The Morgan fingerprint density at radius 1 is 1.09 bits per heavy atom. The number of carbonyl (C=O) groups is 2. The Morgan fingerprint density at radius 3 is 2.22 bits per heavy atom. The summed E-state index contributed by atoms with van der Waals surface area (Å²) < 4.78 is 0. The van der Waals surface area contributed by atoms with E-state index in [4.69, 9.17) is 0 Å². The number of guanidine groups is 1. The number of carbonyl (C=O) groups excluding carboxylic acids is 2. The van der Waals surface area contributed by atoms with Crippen LogP contribution in [0.4, 0.5) is 0 Å². The smallest absolute Gasteiger partial charge is 0.242 e. The largest absolute Gasteiger partial charge is 0.357 e. The first-order valence-electron chi connectivity index (χ1n) is 7.92. The number of nitrogens with one attached hydrogen (secondary N) is 4. The maximum atomic E-state index is 11.7. The number of nitrogens with zero attached hydrogens (tertiary/aromatic N) is 1. The van der Waals surface area contributed by atoms with E-state index in [-0.39, 0.29) is 53.8 Å². The second-order valence-electron chi connectivity index (χ2n) is 6.49. The third-order valence-corrected chi connectivity index (χ3v) is 2.90. The molecule has 0 aromatic carbocycles. The number of amides is 2. The van der Waals surface area contributed by atoms with Crippen LogP contribution < -0.4 is 21.3 Å². The number of halogens is 1. The molecule has 0 aromatic heterocycles. The molecule has 1 fully saturated rings. The average molecular weight is 439 g/mol. The maximum absolute atomic E-state index is 11.7. The Balaban J connectivity index is 0.00000484. The number of aliphatic imine (C=N–C) groups is 1. The van der Waals surface area contributed by atoms with E-state index in [0.717, 1.165) is 12.8 Å². The van der Waals surface area contributed by atoms with Crippen LogP contribution >= 0.6 is 24.0 Å². The van der Waals surface area contributed by atoms with Crippen LogP contribution in [0.1, 0.15) is 40.5 Å². The lowest BCUT2D eigenvalue weighted by atomic mass is 10.1. The predicted molar refractivity (Wildman–Crippen MR) is 103 cm³/mol. The first-order chi connectivity index (χ1) is 10.3. The molecule has 23 heavy (non-hydrogen) atoms. The molecule has 0 unspecified atom stereocenters. The fraction of sp³-hybridized carbons (Fsp3) is 0.800. The second-order valence-corrected chi connectivity index (χ2v) is 6.49. The van der Waals surface area contributed by atoms with Crippen LogP contribution in [0.3, 0.4) is 0 Å². The Hall–Kier alpha value is -1.06. The highest BCUT2D eigenvalue weighted by atomic mass is 127. The van der Waals surface area contributed by atoms with Crippen LogP contribution in [0.15, 0.2) is 4.99 Å². The van der Waals surface area contributed by atoms with Gasteiger partial charge >= 0.3 is 0 Å². The summed E-state index contributed by atoms with van der Waals surface area (Å²) >= 11 is 0. The molecule has 1 saturated carbocycles. The van der Waals surface area contributed by atoms with E-state index in [1.807, 2.05) is 27.7 Å². The molecular weight excluding hydrogens is 409 g/mol. The van der Waals surface area contributed by atoms with E-state index in [1.165, 1.54) is 0 Å². The van der Waals surface area contributed by atoms with Gasteiger partial charge < -0.3 is 21.3 Å². The minimum atomic E-state index is -0.258. The summed E-state index contributed by atoms with van der Waals surface area (Å²) in [4.78, 5) is 27.5. The van der Waals surface area contributed by atoms with Gasteiger partial charge in [0.1, 0.15) is 6.54 Å². The molecule has 0 bridgehead atoms. The molecule has 1 aliphatic carbocycles. The van der Waals surface area contributed by atoms with Crippen molar-refractivity contribution >= 4 is 41.8 Å². The van der Waals surface area contributed by atoms with E-state index >= 15 is 0 Å². The van der Waals surface area contributed by atoms with Gasteiger partial charge in [-0.2, -0.15) is 0 Å². The van der Waals surface area contributed by atoms with Gasteiger partial charge in [0.15, 0.2) is 5.96 Å². The molecule has 0 atom stereocenters. The Kier molecular flexibility index (Phi) is 10.2. The second kappa shape index (κ2) is 10.7. The van der Waals surface area contributed by atoms with Gasteiger partial charge in [-0.25, -0.2) is 4.99 Å². The highest BCUT2D eigenvalue weighted by Crippen LogP contribution is 2.28. The lowest BCUT2D eigenvalue weighted by Gasteiger charge is -2.20. The van der Waals surface area contributed by atoms with Crippen LogP contribution in [-0.4, -0.2) is 49.5 Å². The van der Waals surface area contributed by atoms with Crippen molar-refractivity contribution in [2.45, 2.75) is 46.1 Å². The minimum absolute atomic E-state index is 0. The fourth-order valence-electron chi connectivity index (χ4n) is 1.81. The van der Waals surface area contributed by atoms with E-state index in [1.54, 1.807) is 0 Å². The van der Waals surface area contributed by atoms with Crippen molar-refractivity contribution in [3.63, 3.8) is 0 Å². The molecule has 0 saturated heterocycles. The molecule has 7 nitrogen and oxygen atoms in total. The van der Waals surface area contributed by atoms with Crippen molar-refractivity contribution in [3.05, 3.63) is 0 Å². The zero-order chi connectivity index (χ0) is 16.6. The molecular formula is C15H30IN5O2. The van der Waals surface area contributed by atoms with Gasteiger partial charge in [-0.05, 0) is 40.5 Å². The maximum Gasteiger partial charge on any atom is 0.242 e. The SMILES string of the molecule is CCNC(=NCC(=O)NC(C)(C)C)NCCNC(=O)C1CC1.I. The lowest BCUT2D eigenvalue weighted by Crippen LogP contribution is -2.44. The third kappa shape index (κ3) is 11.2. The Bertz CT molecular complexity index is 417. The van der Waals surface area contributed by atoms with Crippen molar-refractivity contribution in [1.82, 2.24) is 21.3 Å². The van der Waals surface area contributed by atoms with Crippen LogP contribution in [0.25, 0.3) is 0 Å². The van der Waals surface area contributed by atoms with Crippen molar-refractivity contribution in [1.29, 1.82) is 0 Å². The highest BCUT2D eigenvalue weighted by molar-refractivity contribution is 14.0. The van der Waals surface area contributed by atoms with Crippen LogP contribution in [0.2, 0.25) is 0 Å². The summed E-state index contributed by atoms with van der Waals surface area (Å²) in [5.74, 6) is 0.815. The molecule has 1 aliphatic rings. The summed E-state index contributed by atoms with van der Waals surface area (Å²) in [6.07, 6.45) is 2.01. The predicted octanol–water partition coefficient (Wildman–Crippen LogP) is 0.600. The monoisotopic (exact) mass is 439 g/mol. The Labute approximate surface area is 155 Å².